The minimum atomic E-state index is -0.575. The SMILES string of the molecule is CC(=O)O[C@@H]1[C@H]2OC3(CCCCC3)O[C@@H]2O[C@@H]1[C@@H]1COC2(CCCCC2)O1. The van der Waals surface area contributed by atoms with Crippen LogP contribution < -0.4 is 0 Å². The van der Waals surface area contributed by atoms with E-state index < -0.39 is 36.2 Å². The smallest absolute Gasteiger partial charge is 0.303 e. The number of hydrogen-bond donors (Lipinski definition) is 0. The van der Waals surface area contributed by atoms with Gasteiger partial charge in [0, 0.05) is 32.6 Å². The van der Waals surface area contributed by atoms with E-state index in [1.807, 2.05) is 0 Å². The van der Waals surface area contributed by atoms with Crippen LogP contribution in [0.4, 0.5) is 0 Å². The van der Waals surface area contributed by atoms with Crippen molar-refractivity contribution in [2.45, 2.75) is 113 Å². The number of fused-ring (bicyclic) bond motifs is 1. The van der Waals surface area contributed by atoms with Crippen LogP contribution in [0.25, 0.3) is 0 Å². The first kappa shape index (κ1) is 18.3. The molecule has 5 aliphatic rings. The van der Waals surface area contributed by atoms with Gasteiger partial charge >= 0.3 is 5.97 Å². The lowest BCUT2D eigenvalue weighted by Gasteiger charge is -2.35. The largest absolute Gasteiger partial charge is 0.457 e. The van der Waals surface area contributed by atoms with Crippen LogP contribution in [0.2, 0.25) is 0 Å². The van der Waals surface area contributed by atoms with Crippen LogP contribution >= 0.6 is 0 Å². The van der Waals surface area contributed by atoms with E-state index in [0.29, 0.717) is 6.61 Å². The minimum Gasteiger partial charge on any atom is -0.457 e. The average Bonchev–Trinajstić information content (AvgIpc) is 3.29. The fourth-order valence-corrected chi connectivity index (χ4v) is 5.40. The van der Waals surface area contributed by atoms with Crippen molar-refractivity contribution in [1.29, 1.82) is 0 Å². The summed E-state index contributed by atoms with van der Waals surface area (Å²) in [5.74, 6) is -1.40. The lowest BCUT2D eigenvalue weighted by molar-refractivity contribution is -0.261. The number of esters is 1. The van der Waals surface area contributed by atoms with Gasteiger partial charge in [-0.05, 0) is 25.7 Å². The molecule has 3 saturated heterocycles. The Labute approximate surface area is 159 Å². The molecule has 0 unspecified atom stereocenters. The van der Waals surface area contributed by atoms with Gasteiger partial charge in [-0.25, -0.2) is 0 Å². The second-order valence-electron chi connectivity index (χ2n) is 8.65. The van der Waals surface area contributed by atoms with Gasteiger partial charge in [0.1, 0.15) is 12.2 Å². The lowest BCUT2D eigenvalue weighted by atomic mass is 9.94. The Morgan fingerprint density at radius 3 is 2.19 bits per heavy atom. The quantitative estimate of drug-likeness (QED) is 0.680. The first-order valence-corrected chi connectivity index (χ1v) is 10.6. The molecule has 7 heteroatoms. The van der Waals surface area contributed by atoms with Gasteiger partial charge in [-0.2, -0.15) is 0 Å². The third kappa shape index (κ3) is 3.31. The Morgan fingerprint density at radius 1 is 0.852 bits per heavy atom. The molecule has 5 rings (SSSR count). The summed E-state index contributed by atoms with van der Waals surface area (Å²) in [6.07, 6.45) is 8.27. The highest BCUT2D eigenvalue weighted by Gasteiger charge is 2.62. The number of carbonyl (C=O) groups excluding carboxylic acids is 1. The molecule has 5 fully saturated rings. The number of carbonyl (C=O) groups is 1. The van der Waals surface area contributed by atoms with Crippen LogP contribution in [0, 0.1) is 0 Å². The van der Waals surface area contributed by atoms with E-state index in [0.717, 1.165) is 51.4 Å². The molecular formula is C20H30O7. The molecule has 0 N–H and O–H groups in total. The van der Waals surface area contributed by atoms with Crippen LogP contribution in [0.15, 0.2) is 0 Å². The first-order chi connectivity index (χ1) is 13.1. The van der Waals surface area contributed by atoms with Gasteiger partial charge in [0.25, 0.3) is 0 Å². The summed E-state index contributed by atoms with van der Waals surface area (Å²) in [5, 5.41) is 0. The molecule has 0 aromatic rings. The second kappa shape index (κ2) is 6.95. The number of ether oxygens (including phenoxy) is 6. The van der Waals surface area contributed by atoms with Gasteiger partial charge in [0.05, 0.1) is 6.61 Å². The molecule has 27 heavy (non-hydrogen) atoms. The molecule has 3 aliphatic heterocycles. The van der Waals surface area contributed by atoms with Gasteiger partial charge in [-0.3, -0.25) is 4.79 Å². The highest BCUT2D eigenvalue weighted by atomic mass is 16.9. The van der Waals surface area contributed by atoms with Crippen molar-refractivity contribution in [3.63, 3.8) is 0 Å². The molecule has 3 heterocycles. The third-order valence-corrected chi connectivity index (χ3v) is 6.66. The fraction of sp³-hybridized carbons (Fsp3) is 0.950. The van der Waals surface area contributed by atoms with Gasteiger partial charge < -0.3 is 28.4 Å². The maximum Gasteiger partial charge on any atom is 0.303 e. The highest BCUT2D eigenvalue weighted by Crippen LogP contribution is 2.48. The van der Waals surface area contributed by atoms with Crippen molar-refractivity contribution < 1.29 is 33.2 Å². The van der Waals surface area contributed by atoms with Gasteiger partial charge in [-0.1, -0.05) is 12.8 Å². The van der Waals surface area contributed by atoms with E-state index in [9.17, 15) is 4.79 Å². The maximum atomic E-state index is 11.8. The Kier molecular flexibility index (Phi) is 4.71. The van der Waals surface area contributed by atoms with Gasteiger partial charge in [-0.15, -0.1) is 0 Å². The highest BCUT2D eigenvalue weighted by molar-refractivity contribution is 5.66. The van der Waals surface area contributed by atoms with Gasteiger partial charge in [0.2, 0.25) is 0 Å². The van der Waals surface area contributed by atoms with Crippen LogP contribution in [0.3, 0.4) is 0 Å². The fourth-order valence-electron chi connectivity index (χ4n) is 5.40. The normalized spacial score (nSPS) is 42.5. The third-order valence-electron chi connectivity index (χ3n) is 6.66. The summed E-state index contributed by atoms with van der Waals surface area (Å²) in [5.41, 5.74) is 0. The molecule has 2 spiro atoms. The molecular weight excluding hydrogens is 352 g/mol. The molecule has 0 bridgehead atoms. The average molecular weight is 382 g/mol. The van der Waals surface area contributed by atoms with Crippen molar-refractivity contribution in [3.8, 4) is 0 Å². The summed E-state index contributed by atoms with van der Waals surface area (Å²) in [4.78, 5) is 11.8. The predicted octanol–water partition coefficient (Wildman–Crippen LogP) is 2.79. The summed E-state index contributed by atoms with van der Waals surface area (Å²) in [7, 11) is 0. The summed E-state index contributed by atoms with van der Waals surface area (Å²) in [6, 6.07) is 0. The number of rotatable bonds is 2. The van der Waals surface area contributed by atoms with E-state index in [1.165, 1.54) is 19.8 Å². The van der Waals surface area contributed by atoms with E-state index in [2.05, 4.69) is 0 Å². The molecule has 2 saturated carbocycles. The Hall–Kier alpha value is -0.730. The molecule has 152 valence electrons. The van der Waals surface area contributed by atoms with Crippen LogP contribution in [0.1, 0.15) is 71.1 Å². The number of hydrogen-bond acceptors (Lipinski definition) is 7. The summed E-state index contributed by atoms with van der Waals surface area (Å²) in [6.45, 7) is 1.87. The molecule has 0 aromatic heterocycles. The van der Waals surface area contributed by atoms with Crippen molar-refractivity contribution >= 4 is 5.97 Å². The molecule has 2 aliphatic carbocycles. The van der Waals surface area contributed by atoms with E-state index in [-0.39, 0.29) is 12.1 Å². The first-order valence-electron chi connectivity index (χ1n) is 10.6. The molecule has 5 atom stereocenters. The van der Waals surface area contributed by atoms with Gasteiger partial charge in [0.15, 0.2) is 30.1 Å². The van der Waals surface area contributed by atoms with Crippen LogP contribution in [-0.2, 0) is 33.2 Å². The molecule has 0 aromatic carbocycles. The van der Waals surface area contributed by atoms with Crippen LogP contribution in [0.5, 0.6) is 0 Å². The summed E-state index contributed by atoms with van der Waals surface area (Å²) < 4.78 is 36.8. The zero-order valence-electron chi connectivity index (χ0n) is 16.0. The maximum absolute atomic E-state index is 11.8. The molecule has 0 amide bonds. The molecule has 7 nitrogen and oxygen atoms in total. The Balaban J connectivity index is 1.31. The van der Waals surface area contributed by atoms with E-state index in [1.54, 1.807) is 0 Å². The second-order valence-corrected chi connectivity index (χ2v) is 8.65. The van der Waals surface area contributed by atoms with E-state index in [4.69, 9.17) is 28.4 Å². The summed E-state index contributed by atoms with van der Waals surface area (Å²) >= 11 is 0. The zero-order chi connectivity index (χ0) is 18.5. The topological polar surface area (TPSA) is 72.5 Å². The van der Waals surface area contributed by atoms with Crippen molar-refractivity contribution in [2.75, 3.05) is 6.61 Å². The Morgan fingerprint density at radius 2 is 1.52 bits per heavy atom. The minimum absolute atomic E-state index is 0.271. The van der Waals surface area contributed by atoms with Crippen molar-refractivity contribution in [1.82, 2.24) is 0 Å². The lowest BCUT2D eigenvalue weighted by Crippen LogP contribution is -2.46. The monoisotopic (exact) mass is 382 g/mol. The van der Waals surface area contributed by atoms with E-state index >= 15 is 0 Å². The van der Waals surface area contributed by atoms with Crippen molar-refractivity contribution in [3.05, 3.63) is 0 Å². The van der Waals surface area contributed by atoms with Crippen LogP contribution in [-0.4, -0.2) is 54.9 Å². The van der Waals surface area contributed by atoms with Crippen molar-refractivity contribution in [2.24, 2.45) is 0 Å². The zero-order valence-corrected chi connectivity index (χ0v) is 16.0. The molecule has 0 radical (unpaired) electrons. The standard InChI is InChI=1S/C20H30O7/c1-13(21)23-16-15(14-12-22-19(25-14)8-4-2-5-9-19)24-18-17(16)26-20(27-18)10-6-3-7-11-20/h14-18H,2-12H2,1H3/t14-,15+,16-,17+,18-/m0/s1. The predicted molar refractivity (Wildman–Crippen MR) is 92.6 cm³/mol. The Bertz CT molecular complexity index is 567.